The highest BCUT2D eigenvalue weighted by atomic mass is 16.2. The standard InChI is InChI=1S/C13H16N2O/c1-10-6-5-7-11(8-10)15(4)12(16)13(2,3)9-14/h5-8H,1-4H3. The molecule has 1 aromatic carbocycles. The van der Waals surface area contributed by atoms with Crippen molar-refractivity contribution in [2.24, 2.45) is 5.41 Å². The highest BCUT2D eigenvalue weighted by Crippen LogP contribution is 2.22. The van der Waals surface area contributed by atoms with E-state index in [1.54, 1.807) is 20.9 Å². The number of nitriles is 1. The molecule has 0 saturated carbocycles. The molecule has 1 aromatic rings. The number of hydrogen-bond donors (Lipinski definition) is 0. The number of rotatable bonds is 2. The van der Waals surface area contributed by atoms with Gasteiger partial charge in [0.2, 0.25) is 5.91 Å². The van der Waals surface area contributed by atoms with Crippen molar-refractivity contribution in [3.63, 3.8) is 0 Å². The number of carbonyl (C=O) groups excluding carboxylic acids is 1. The molecule has 0 aliphatic heterocycles. The van der Waals surface area contributed by atoms with Crippen molar-refractivity contribution >= 4 is 11.6 Å². The summed E-state index contributed by atoms with van der Waals surface area (Å²) in [4.78, 5) is 13.5. The minimum absolute atomic E-state index is 0.194. The van der Waals surface area contributed by atoms with Crippen molar-refractivity contribution in [1.82, 2.24) is 0 Å². The van der Waals surface area contributed by atoms with Gasteiger partial charge >= 0.3 is 0 Å². The summed E-state index contributed by atoms with van der Waals surface area (Å²) in [6, 6.07) is 9.66. The predicted octanol–water partition coefficient (Wildman–Crippen LogP) is 2.51. The van der Waals surface area contributed by atoms with Crippen LogP contribution in [0.2, 0.25) is 0 Å². The van der Waals surface area contributed by atoms with Crippen molar-refractivity contribution in [3.05, 3.63) is 29.8 Å². The maximum atomic E-state index is 12.0. The molecule has 0 spiro atoms. The van der Waals surface area contributed by atoms with Crippen molar-refractivity contribution in [2.45, 2.75) is 20.8 Å². The van der Waals surface area contributed by atoms with Crippen LogP contribution in [-0.4, -0.2) is 13.0 Å². The van der Waals surface area contributed by atoms with Crippen LogP contribution in [0.5, 0.6) is 0 Å². The van der Waals surface area contributed by atoms with Gasteiger partial charge in [-0.05, 0) is 38.5 Å². The lowest BCUT2D eigenvalue weighted by Crippen LogP contribution is -2.37. The van der Waals surface area contributed by atoms with Crippen LogP contribution in [0, 0.1) is 23.7 Å². The van der Waals surface area contributed by atoms with E-state index in [1.165, 1.54) is 4.90 Å². The van der Waals surface area contributed by atoms with Crippen LogP contribution in [0.25, 0.3) is 0 Å². The largest absolute Gasteiger partial charge is 0.314 e. The van der Waals surface area contributed by atoms with Crippen LogP contribution >= 0.6 is 0 Å². The summed E-state index contributed by atoms with van der Waals surface area (Å²) in [5.74, 6) is -0.194. The van der Waals surface area contributed by atoms with Crippen molar-refractivity contribution in [1.29, 1.82) is 5.26 Å². The lowest BCUT2D eigenvalue weighted by Gasteiger charge is -2.24. The normalized spacial score (nSPS) is 10.7. The van der Waals surface area contributed by atoms with Gasteiger partial charge in [0.1, 0.15) is 5.41 Å². The van der Waals surface area contributed by atoms with Crippen LogP contribution in [0.15, 0.2) is 24.3 Å². The van der Waals surface area contributed by atoms with Gasteiger partial charge < -0.3 is 4.90 Å². The average molecular weight is 216 g/mol. The molecular formula is C13H16N2O. The van der Waals surface area contributed by atoms with Gasteiger partial charge in [-0.15, -0.1) is 0 Å². The first kappa shape index (κ1) is 12.3. The van der Waals surface area contributed by atoms with Gasteiger partial charge in [0.05, 0.1) is 6.07 Å². The maximum absolute atomic E-state index is 12.0. The Hall–Kier alpha value is -1.82. The van der Waals surface area contributed by atoms with Gasteiger partial charge in [-0.2, -0.15) is 5.26 Å². The van der Waals surface area contributed by atoms with Crippen molar-refractivity contribution in [2.75, 3.05) is 11.9 Å². The van der Waals surface area contributed by atoms with Gasteiger partial charge in [-0.3, -0.25) is 4.79 Å². The Morgan fingerprint density at radius 3 is 2.56 bits per heavy atom. The quantitative estimate of drug-likeness (QED) is 0.762. The lowest BCUT2D eigenvalue weighted by atomic mass is 9.94. The van der Waals surface area contributed by atoms with E-state index in [-0.39, 0.29) is 5.91 Å². The molecule has 3 heteroatoms. The molecule has 0 unspecified atom stereocenters. The van der Waals surface area contributed by atoms with Crippen molar-refractivity contribution < 1.29 is 4.79 Å². The number of nitrogens with zero attached hydrogens (tertiary/aromatic N) is 2. The van der Waals surface area contributed by atoms with Crippen LogP contribution in [-0.2, 0) is 4.79 Å². The molecule has 0 aromatic heterocycles. The molecule has 0 aliphatic carbocycles. The maximum Gasteiger partial charge on any atom is 0.246 e. The zero-order valence-corrected chi connectivity index (χ0v) is 10.1. The zero-order valence-electron chi connectivity index (χ0n) is 10.1. The second-order valence-electron chi connectivity index (χ2n) is 4.44. The fourth-order valence-corrected chi connectivity index (χ4v) is 1.42. The van der Waals surface area contributed by atoms with E-state index in [0.29, 0.717) is 0 Å². The third-order valence-electron chi connectivity index (χ3n) is 2.51. The second-order valence-corrected chi connectivity index (χ2v) is 4.44. The van der Waals surface area contributed by atoms with Gasteiger partial charge in [0.25, 0.3) is 0 Å². The van der Waals surface area contributed by atoms with Gasteiger partial charge in [0, 0.05) is 12.7 Å². The summed E-state index contributed by atoms with van der Waals surface area (Å²) in [5, 5.41) is 8.92. The Kier molecular flexibility index (Phi) is 3.34. The van der Waals surface area contributed by atoms with Crippen LogP contribution < -0.4 is 4.90 Å². The fraction of sp³-hybridized carbons (Fsp3) is 0.385. The minimum Gasteiger partial charge on any atom is -0.314 e. The summed E-state index contributed by atoms with van der Waals surface area (Å²) in [7, 11) is 1.69. The molecule has 0 atom stereocenters. The molecule has 0 heterocycles. The van der Waals surface area contributed by atoms with E-state index in [4.69, 9.17) is 5.26 Å². The van der Waals surface area contributed by atoms with E-state index in [0.717, 1.165) is 11.3 Å². The van der Waals surface area contributed by atoms with Crippen LogP contribution in [0.4, 0.5) is 5.69 Å². The molecular weight excluding hydrogens is 200 g/mol. The molecule has 0 saturated heterocycles. The zero-order chi connectivity index (χ0) is 12.3. The molecule has 16 heavy (non-hydrogen) atoms. The molecule has 1 amide bonds. The Bertz CT molecular complexity index is 443. The summed E-state index contributed by atoms with van der Waals surface area (Å²) in [5.41, 5.74) is 0.915. The lowest BCUT2D eigenvalue weighted by molar-refractivity contribution is -0.123. The van der Waals surface area contributed by atoms with Crippen LogP contribution in [0.1, 0.15) is 19.4 Å². The monoisotopic (exact) mass is 216 g/mol. The SMILES string of the molecule is Cc1cccc(N(C)C(=O)C(C)(C)C#N)c1. The first-order chi connectivity index (χ1) is 7.38. The molecule has 0 N–H and O–H groups in total. The topological polar surface area (TPSA) is 44.1 Å². The number of aryl methyl sites for hydroxylation is 1. The number of benzene rings is 1. The van der Waals surface area contributed by atoms with Gasteiger partial charge in [0.15, 0.2) is 0 Å². The highest BCUT2D eigenvalue weighted by Gasteiger charge is 2.30. The first-order valence-corrected chi connectivity index (χ1v) is 5.14. The third kappa shape index (κ3) is 2.40. The fourth-order valence-electron chi connectivity index (χ4n) is 1.42. The molecule has 84 valence electrons. The number of anilines is 1. The van der Waals surface area contributed by atoms with E-state index in [1.807, 2.05) is 37.3 Å². The second kappa shape index (κ2) is 4.36. The van der Waals surface area contributed by atoms with E-state index < -0.39 is 5.41 Å². The first-order valence-electron chi connectivity index (χ1n) is 5.14. The van der Waals surface area contributed by atoms with Crippen LogP contribution in [0.3, 0.4) is 0 Å². The van der Waals surface area contributed by atoms with Gasteiger partial charge in [-0.1, -0.05) is 12.1 Å². The number of carbonyl (C=O) groups is 1. The third-order valence-corrected chi connectivity index (χ3v) is 2.51. The molecule has 0 aliphatic rings. The van der Waals surface area contributed by atoms with E-state index in [9.17, 15) is 4.79 Å². The number of hydrogen-bond acceptors (Lipinski definition) is 2. The Morgan fingerprint density at radius 1 is 1.44 bits per heavy atom. The summed E-state index contributed by atoms with van der Waals surface area (Å²) in [6.07, 6.45) is 0. The Morgan fingerprint density at radius 2 is 2.06 bits per heavy atom. The van der Waals surface area contributed by atoms with Gasteiger partial charge in [-0.25, -0.2) is 0 Å². The molecule has 1 rings (SSSR count). The number of amides is 1. The summed E-state index contributed by atoms with van der Waals surface area (Å²) < 4.78 is 0. The van der Waals surface area contributed by atoms with E-state index >= 15 is 0 Å². The minimum atomic E-state index is -0.988. The Labute approximate surface area is 96.3 Å². The smallest absolute Gasteiger partial charge is 0.246 e. The molecule has 3 nitrogen and oxygen atoms in total. The molecule has 0 radical (unpaired) electrons. The molecule has 0 fully saturated rings. The average Bonchev–Trinajstić information content (AvgIpc) is 2.27. The highest BCUT2D eigenvalue weighted by molar-refractivity contribution is 5.98. The summed E-state index contributed by atoms with van der Waals surface area (Å²) in [6.45, 7) is 5.22. The van der Waals surface area contributed by atoms with E-state index in [2.05, 4.69) is 0 Å². The summed E-state index contributed by atoms with van der Waals surface area (Å²) >= 11 is 0. The predicted molar refractivity (Wildman–Crippen MR) is 64.0 cm³/mol. The Balaban J connectivity index is 3.00. The van der Waals surface area contributed by atoms with Crippen molar-refractivity contribution in [3.8, 4) is 6.07 Å². The molecule has 0 bridgehead atoms.